The van der Waals surface area contributed by atoms with Crippen molar-refractivity contribution in [3.05, 3.63) is 113 Å². The number of aryl methyl sites for hydroxylation is 1. The zero-order valence-corrected chi connectivity index (χ0v) is 18.7. The number of benzene rings is 2. The highest BCUT2D eigenvalue weighted by molar-refractivity contribution is 6.16. The average molecular weight is 456 g/mol. The highest BCUT2D eigenvalue weighted by Crippen LogP contribution is 2.39. The van der Waals surface area contributed by atoms with Crippen LogP contribution in [0, 0.1) is 0 Å². The van der Waals surface area contributed by atoms with E-state index in [1.807, 2.05) is 30.3 Å². The van der Waals surface area contributed by atoms with Gasteiger partial charge in [-0.2, -0.15) is 0 Å². The van der Waals surface area contributed by atoms with Crippen molar-refractivity contribution in [3.8, 4) is 0 Å². The lowest BCUT2D eigenvalue weighted by Gasteiger charge is -2.27. The number of aliphatic hydroxyl groups is 1. The first-order chi connectivity index (χ1) is 16.5. The van der Waals surface area contributed by atoms with Gasteiger partial charge in [0.15, 0.2) is 11.5 Å². The van der Waals surface area contributed by atoms with E-state index in [2.05, 4.69) is 4.98 Å². The number of rotatable bonds is 8. The van der Waals surface area contributed by atoms with Crippen LogP contribution in [0.2, 0.25) is 0 Å². The Hall–Kier alpha value is -4.26. The number of amides is 1. The number of ether oxygens (including phenoxy) is 1. The van der Waals surface area contributed by atoms with Gasteiger partial charge in [0.05, 0.1) is 24.3 Å². The summed E-state index contributed by atoms with van der Waals surface area (Å²) >= 11 is 0. The fraction of sp³-hybridized carbons (Fsp3) is 0.185. The predicted octanol–water partition coefficient (Wildman–Crippen LogP) is 4.08. The van der Waals surface area contributed by atoms with Gasteiger partial charge in [0.25, 0.3) is 5.91 Å². The maximum atomic E-state index is 13.3. The molecular formula is C27H24N2O5. The molecule has 0 spiro atoms. The van der Waals surface area contributed by atoms with Crippen molar-refractivity contribution in [3.63, 3.8) is 0 Å². The Morgan fingerprint density at radius 2 is 1.74 bits per heavy atom. The summed E-state index contributed by atoms with van der Waals surface area (Å²) in [6.45, 7) is 0.338. The van der Waals surface area contributed by atoms with Crippen LogP contribution < -0.4 is 0 Å². The number of Topliss-reactive ketones (excluding diaryl/α,β-unsaturated/α-hetero) is 1. The number of nitrogens with zero attached hydrogens (tertiary/aromatic N) is 2. The van der Waals surface area contributed by atoms with Gasteiger partial charge in [-0.1, -0.05) is 42.5 Å². The third-order valence-corrected chi connectivity index (χ3v) is 5.83. The maximum absolute atomic E-state index is 13.3. The molecule has 0 aliphatic carbocycles. The van der Waals surface area contributed by atoms with Crippen LogP contribution in [-0.4, -0.2) is 46.3 Å². The monoisotopic (exact) mass is 456 g/mol. The zero-order valence-electron chi connectivity index (χ0n) is 18.7. The van der Waals surface area contributed by atoms with E-state index in [1.54, 1.807) is 42.6 Å². The number of carbonyl (C=O) groups excluding carboxylic acids is 3. The van der Waals surface area contributed by atoms with E-state index in [0.717, 1.165) is 12.0 Å². The molecule has 0 saturated heterocycles. The smallest absolute Gasteiger partial charge is 0.337 e. The minimum atomic E-state index is -0.789. The Bertz CT molecular complexity index is 1220. The summed E-state index contributed by atoms with van der Waals surface area (Å²) in [5.41, 5.74) is 2.37. The van der Waals surface area contributed by atoms with E-state index in [9.17, 15) is 19.5 Å². The highest BCUT2D eigenvalue weighted by atomic mass is 16.5. The molecule has 0 saturated carbocycles. The Kier molecular flexibility index (Phi) is 6.82. The first-order valence-corrected chi connectivity index (χ1v) is 10.9. The molecular weight excluding hydrogens is 432 g/mol. The molecule has 1 amide bonds. The van der Waals surface area contributed by atoms with Crippen LogP contribution in [0.1, 0.15) is 44.3 Å². The third-order valence-electron chi connectivity index (χ3n) is 5.83. The first kappa shape index (κ1) is 22.9. The number of esters is 1. The normalized spacial score (nSPS) is 15.5. The van der Waals surface area contributed by atoms with E-state index < -0.39 is 29.5 Å². The molecule has 3 aromatic rings. The van der Waals surface area contributed by atoms with Crippen molar-refractivity contribution in [2.45, 2.75) is 18.9 Å². The van der Waals surface area contributed by atoms with Crippen molar-refractivity contribution in [1.29, 1.82) is 0 Å². The van der Waals surface area contributed by atoms with Crippen molar-refractivity contribution in [2.75, 3.05) is 13.7 Å². The SMILES string of the molecule is COC(=O)c1ccc(C2C(C(=O)c3cccnc3)=C(O)C(=O)N2CCCc2ccccc2)cc1. The van der Waals surface area contributed by atoms with Crippen LogP contribution in [0.5, 0.6) is 0 Å². The summed E-state index contributed by atoms with van der Waals surface area (Å²) in [6.07, 6.45) is 4.34. The number of aliphatic hydroxyl groups excluding tert-OH is 1. The van der Waals surface area contributed by atoms with Crippen LogP contribution in [0.25, 0.3) is 0 Å². The van der Waals surface area contributed by atoms with Crippen molar-refractivity contribution >= 4 is 17.7 Å². The molecule has 2 heterocycles. The minimum absolute atomic E-state index is 0.00327. The highest BCUT2D eigenvalue weighted by Gasteiger charge is 2.43. The van der Waals surface area contributed by atoms with Gasteiger partial charge in [-0.15, -0.1) is 0 Å². The molecule has 34 heavy (non-hydrogen) atoms. The third kappa shape index (κ3) is 4.59. The van der Waals surface area contributed by atoms with Crippen LogP contribution >= 0.6 is 0 Å². The molecule has 1 aliphatic rings. The Balaban J connectivity index is 1.67. The summed E-state index contributed by atoms with van der Waals surface area (Å²) in [6, 6.07) is 18.8. The van der Waals surface area contributed by atoms with Gasteiger partial charge in [-0.3, -0.25) is 14.6 Å². The topological polar surface area (TPSA) is 96.8 Å². The van der Waals surface area contributed by atoms with Crippen LogP contribution in [0.4, 0.5) is 0 Å². The summed E-state index contributed by atoms with van der Waals surface area (Å²) in [5, 5.41) is 10.8. The number of pyridine rings is 1. The van der Waals surface area contributed by atoms with Gasteiger partial charge < -0.3 is 14.7 Å². The Labute approximate surface area is 197 Å². The van der Waals surface area contributed by atoms with Gasteiger partial charge in [0, 0.05) is 24.5 Å². The molecule has 172 valence electrons. The molecule has 7 heteroatoms. The van der Waals surface area contributed by atoms with Gasteiger partial charge in [0.2, 0.25) is 0 Å². The van der Waals surface area contributed by atoms with Crippen molar-refractivity contribution < 1.29 is 24.2 Å². The molecule has 1 atom stereocenters. The van der Waals surface area contributed by atoms with Crippen LogP contribution in [0.15, 0.2) is 90.5 Å². The quantitative estimate of drug-likeness (QED) is 0.405. The summed E-state index contributed by atoms with van der Waals surface area (Å²) in [7, 11) is 1.30. The van der Waals surface area contributed by atoms with Gasteiger partial charge in [0.1, 0.15) is 0 Å². The molecule has 4 rings (SSSR count). The molecule has 0 fully saturated rings. The lowest BCUT2D eigenvalue weighted by Crippen LogP contribution is -2.32. The molecule has 2 aromatic carbocycles. The van der Waals surface area contributed by atoms with Crippen LogP contribution in [0.3, 0.4) is 0 Å². The van der Waals surface area contributed by atoms with E-state index in [4.69, 9.17) is 4.74 Å². The number of methoxy groups -OCH3 is 1. The van der Waals surface area contributed by atoms with E-state index >= 15 is 0 Å². The van der Waals surface area contributed by atoms with Crippen molar-refractivity contribution in [2.24, 2.45) is 0 Å². The van der Waals surface area contributed by atoms with E-state index in [0.29, 0.717) is 24.1 Å². The molecule has 1 aromatic heterocycles. The molecule has 0 radical (unpaired) electrons. The van der Waals surface area contributed by atoms with Gasteiger partial charge >= 0.3 is 5.97 Å². The number of aromatic nitrogens is 1. The maximum Gasteiger partial charge on any atom is 0.337 e. The summed E-state index contributed by atoms with van der Waals surface area (Å²) in [4.78, 5) is 43.8. The fourth-order valence-electron chi connectivity index (χ4n) is 4.13. The number of carbonyl (C=O) groups is 3. The minimum Gasteiger partial charge on any atom is -0.503 e. The second-order valence-electron chi connectivity index (χ2n) is 7.94. The first-order valence-electron chi connectivity index (χ1n) is 10.9. The van der Waals surface area contributed by atoms with Crippen LogP contribution in [-0.2, 0) is 16.0 Å². The fourth-order valence-corrected chi connectivity index (χ4v) is 4.13. The lowest BCUT2D eigenvalue weighted by molar-refractivity contribution is -0.129. The van der Waals surface area contributed by atoms with E-state index in [1.165, 1.54) is 18.2 Å². The number of hydrogen-bond acceptors (Lipinski definition) is 6. The van der Waals surface area contributed by atoms with Gasteiger partial charge in [-0.25, -0.2) is 4.79 Å². The Morgan fingerprint density at radius 1 is 1.00 bits per heavy atom. The molecule has 7 nitrogen and oxygen atoms in total. The predicted molar refractivity (Wildman–Crippen MR) is 125 cm³/mol. The molecule has 0 bridgehead atoms. The number of hydrogen-bond donors (Lipinski definition) is 1. The zero-order chi connectivity index (χ0) is 24.1. The van der Waals surface area contributed by atoms with E-state index in [-0.39, 0.29) is 11.1 Å². The average Bonchev–Trinajstić information content (AvgIpc) is 3.14. The largest absolute Gasteiger partial charge is 0.503 e. The second kappa shape index (κ2) is 10.1. The van der Waals surface area contributed by atoms with Gasteiger partial charge in [-0.05, 0) is 48.2 Å². The standard InChI is InChI=1S/C27H24N2O5/c1-34-27(33)20-13-11-19(12-14-20)23-22(24(30)21-10-5-15-28-17-21)25(31)26(32)29(23)16-6-9-18-7-3-2-4-8-18/h2-5,7-8,10-15,17,23,31H,6,9,16H2,1H3. The lowest BCUT2D eigenvalue weighted by atomic mass is 9.92. The number of ketones is 1. The van der Waals surface area contributed by atoms with Crippen molar-refractivity contribution in [1.82, 2.24) is 9.88 Å². The molecule has 1 unspecified atom stereocenters. The molecule has 1 aliphatic heterocycles. The summed E-state index contributed by atoms with van der Waals surface area (Å²) in [5.74, 6) is -2.11. The summed E-state index contributed by atoms with van der Waals surface area (Å²) < 4.78 is 4.76. The molecule has 1 N–H and O–H groups in total. The second-order valence-corrected chi connectivity index (χ2v) is 7.94. The Morgan fingerprint density at radius 3 is 2.38 bits per heavy atom.